The smallest absolute Gasteiger partial charge is 0.345 e. The molecule has 0 saturated heterocycles. The normalized spacial score (nSPS) is 10.9. The Morgan fingerprint density at radius 3 is 2.21 bits per heavy atom. The van der Waals surface area contributed by atoms with Gasteiger partial charge >= 0.3 is 5.97 Å². The van der Waals surface area contributed by atoms with Gasteiger partial charge in [-0.3, -0.25) is 4.79 Å². The number of methoxy groups -OCH3 is 3. The molecule has 194 valence electrons. The van der Waals surface area contributed by atoms with Gasteiger partial charge in [0.15, 0.2) is 11.5 Å². The summed E-state index contributed by atoms with van der Waals surface area (Å²) < 4.78 is 21.6. The molecule has 0 aliphatic rings. The van der Waals surface area contributed by atoms with Crippen LogP contribution in [0.2, 0.25) is 10.0 Å². The maximum Gasteiger partial charge on any atom is 0.345 e. The molecule has 4 rings (SSSR count). The van der Waals surface area contributed by atoms with E-state index in [1.807, 2.05) is 30.3 Å². The van der Waals surface area contributed by atoms with Gasteiger partial charge in [-0.15, -0.1) is 0 Å². The Kier molecular flexibility index (Phi) is 8.35. The zero-order chi connectivity index (χ0) is 27.2. The molecule has 1 amide bonds. The predicted octanol–water partition coefficient (Wildman–Crippen LogP) is 6.16. The number of halogens is 2. The van der Waals surface area contributed by atoms with Crippen molar-refractivity contribution in [3.8, 4) is 23.0 Å². The van der Waals surface area contributed by atoms with E-state index in [0.717, 1.165) is 10.8 Å². The number of fused-ring (bicyclic) bond motifs is 1. The molecule has 0 saturated carbocycles. The number of nitrogens with one attached hydrogen (secondary N) is 1. The quantitative estimate of drug-likeness (QED) is 0.122. The molecule has 0 spiro atoms. The number of ether oxygens (including phenoxy) is 4. The van der Waals surface area contributed by atoms with Crippen molar-refractivity contribution in [2.45, 2.75) is 0 Å². The third kappa shape index (κ3) is 5.66. The van der Waals surface area contributed by atoms with Gasteiger partial charge in [-0.05, 0) is 47.2 Å². The molecule has 0 aliphatic carbocycles. The van der Waals surface area contributed by atoms with Gasteiger partial charge in [-0.2, -0.15) is 5.10 Å². The van der Waals surface area contributed by atoms with Gasteiger partial charge in [-0.25, -0.2) is 10.2 Å². The first-order valence-electron chi connectivity index (χ1n) is 11.2. The number of hydrogen-bond donors (Lipinski definition) is 1. The van der Waals surface area contributed by atoms with E-state index < -0.39 is 11.9 Å². The molecule has 38 heavy (non-hydrogen) atoms. The Balaban J connectivity index is 1.64. The minimum Gasteiger partial charge on any atom is -0.493 e. The summed E-state index contributed by atoms with van der Waals surface area (Å²) in [5.74, 6) is 0.0454. The lowest BCUT2D eigenvalue weighted by Gasteiger charge is -2.13. The van der Waals surface area contributed by atoms with Crippen LogP contribution in [0.5, 0.6) is 23.0 Å². The molecule has 4 aromatic rings. The third-order valence-corrected chi connectivity index (χ3v) is 6.12. The highest BCUT2D eigenvalue weighted by atomic mass is 35.5. The summed E-state index contributed by atoms with van der Waals surface area (Å²) in [5.41, 5.74) is 3.35. The Hall–Kier alpha value is -4.27. The summed E-state index contributed by atoms with van der Waals surface area (Å²) >= 11 is 12.1. The van der Waals surface area contributed by atoms with Crippen LogP contribution in [0.1, 0.15) is 26.3 Å². The maximum absolute atomic E-state index is 12.9. The summed E-state index contributed by atoms with van der Waals surface area (Å²) in [7, 11) is 4.38. The van der Waals surface area contributed by atoms with E-state index in [9.17, 15) is 9.59 Å². The van der Waals surface area contributed by atoms with E-state index in [-0.39, 0.29) is 21.9 Å². The number of carbonyl (C=O) groups excluding carboxylic acids is 2. The zero-order valence-corrected chi connectivity index (χ0v) is 22.1. The third-order valence-electron chi connectivity index (χ3n) is 5.57. The van der Waals surface area contributed by atoms with Gasteiger partial charge in [-0.1, -0.05) is 53.5 Å². The molecule has 0 radical (unpaired) electrons. The lowest BCUT2D eigenvalue weighted by atomic mass is 10.0. The summed E-state index contributed by atoms with van der Waals surface area (Å²) in [6.07, 6.45) is 1.41. The highest BCUT2D eigenvalue weighted by Crippen LogP contribution is 2.38. The number of rotatable bonds is 8. The first-order valence-corrected chi connectivity index (χ1v) is 11.9. The molecule has 0 bridgehead atoms. The molecule has 0 fully saturated rings. The van der Waals surface area contributed by atoms with Crippen LogP contribution in [0.4, 0.5) is 0 Å². The topological polar surface area (TPSA) is 95.5 Å². The molecule has 0 heterocycles. The summed E-state index contributed by atoms with van der Waals surface area (Å²) in [4.78, 5) is 25.7. The van der Waals surface area contributed by atoms with Crippen molar-refractivity contribution in [3.05, 3.63) is 93.5 Å². The second kappa shape index (κ2) is 11.9. The van der Waals surface area contributed by atoms with Crippen molar-refractivity contribution in [2.24, 2.45) is 5.10 Å². The van der Waals surface area contributed by atoms with Gasteiger partial charge in [0.05, 0.1) is 38.1 Å². The molecular weight excluding hydrogens is 531 g/mol. The van der Waals surface area contributed by atoms with Gasteiger partial charge in [0.2, 0.25) is 5.75 Å². The monoisotopic (exact) mass is 552 g/mol. The first-order chi connectivity index (χ1) is 18.4. The van der Waals surface area contributed by atoms with E-state index >= 15 is 0 Å². The fraction of sp³-hybridized carbons (Fsp3) is 0.107. The average molecular weight is 553 g/mol. The number of hydrazone groups is 1. The molecule has 0 unspecified atom stereocenters. The number of nitrogens with zero attached hydrogens (tertiary/aromatic N) is 1. The molecule has 8 nitrogen and oxygen atoms in total. The number of esters is 1. The van der Waals surface area contributed by atoms with Crippen LogP contribution in [0.15, 0.2) is 71.8 Å². The molecule has 0 aromatic heterocycles. The lowest BCUT2D eigenvalue weighted by molar-refractivity contribution is 0.0734. The Labute approximate surface area is 228 Å². The SMILES string of the molecule is COc1cc(C(=O)NN=Cc2c(OC(=O)c3ccc(Cl)cc3Cl)ccc3ccccc23)cc(OC)c1OC. The van der Waals surface area contributed by atoms with Crippen molar-refractivity contribution < 1.29 is 28.5 Å². The first kappa shape index (κ1) is 26.8. The van der Waals surface area contributed by atoms with Crippen molar-refractivity contribution in [3.63, 3.8) is 0 Å². The van der Waals surface area contributed by atoms with Crippen molar-refractivity contribution in [1.29, 1.82) is 0 Å². The van der Waals surface area contributed by atoms with Crippen molar-refractivity contribution in [1.82, 2.24) is 5.43 Å². The fourth-order valence-electron chi connectivity index (χ4n) is 3.74. The van der Waals surface area contributed by atoms with Gasteiger partial charge in [0.1, 0.15) is 5.75 Å². The number of benzene rings is 4. The number of hydrogen-bond acceptors (Lipinski definition) is 7. The van der Waals surface area contributed by atoms with Crippen LogP contribution in [0, 0.1) is 0 Å². The largest absolute Gasteiger partial charge is 0.493 e. The van der Waals surface area contributed by atoms with Crippen LogP contribution in [-0.2, 0) is 0 Å². The highest BCUT2D eigenvalue weighted by molar-refractivity contribution is 6.36. The second-order valence-electron chi connectivity index (χ2n) is 7.83. The van der Waals surface area contributed by atoms with Gasteiger partial charge in [0.25, 0.3) is 5.91 Å². The molecule has 1 N–H and O–H groups in total. The minimum absolute atomic E-state index is 0.155. The summed E-state index contributed by atoms with van der Waals surface area (Å²) in [6.45, 7) is 0. The van der Waals surface area contributed by atoms with Gasteiger partial charge < -0.3 is 18.9 Å². The van der Waals surface area contributed by atoms with Crippen molar-refractivity contribution >= 4 is 52.1 Å². The van der Waals surface area contributed by atoms with E-state index in [0.29, 0.717) is 27.8 Å². The van der Waals surface area contributed by atoms with Crippen LogP contribution < -0.4 is 24.4 Å². The summed E-state index contributed by atoms with van der Waals surface area (Å²) in [5, 5.41) is 6.32. The van der Waals surface area contributed by atoms with E-state index in [1.165, 1.54) is 51.8 Å². The van der Waals surface area contributed by atoms with E-state index in [1.54, 1.807) is 12.1 Å². The average Bonchev–Trinajstić information content (AvgIpc) is 2.92. The predicted molar refractivity (Wildman–Crippen MR) is 147 cm³/mol. The van der Waals surface area contributed by atoms with E-state index in [2.05, 4.69) is 10.5 Å². The Morgan fingerprint density at radius 1 is 0.842 bits per heavy atom. The van der Waals surface area contributed by atoms with Gasteiger partial charge in [0, 0.05) is 16.1 Å². The highest BCUT2D eigenvalue weighted by Gasteiger charge is 2.18. The number of amides is 1. The Morgan fingerprint density at radius 2 is 1.55 bits per heavy atom. The van der Waals surface area contributed by atoms with Crippen molar-refractivity contribution in [2.75, 3.05) is 21.3 Å². The summed E-state index contributed by atoms with van der Waals surface area (Å²) in [6, 6.07) is 18.4. The maximum atomic E-state index is 12.9. The van der Waals surface area contributed by atoms with Crippen LogP contribution in [-0.4, -0.2) is 39.4 Å². The molecule has 0 atom stereocenters. The van der Waals surface area contributed by atoms with Crippen LogP contribution in [0.25, 0.3) is 10.8 Å². The number of carbonyl (C=O) groups is 2. The fourth-order valence-corrected chi connectivity index (χ4v) is 4.23. The molecular formula is C28H22Cl2N2O6. The minimum atomic E-state index is -0.668. The van der Waals surface area contributed by atoms with Crippen LogP contribution >= 0.6 is 23.2 Å². The standard InChI is InChI=1S/C28H22Cl2N2O6/c1-35-24-12-17(13-25(36-2)26(24)37-3)27(33)32-31-15-21-19-7-5-4-6-16(19)8-11-23(21)38-28(34)20-10-9-18(29)14-22(20)30/h4-15H,1-3H3,(H,32,33). The Bertz CT molecular complexity index is 1530. The molecule has 10 heteroatoms. The zero-order valence-electron chi connectivity index (χ0n) is 20.6. The molecule has 0 aliphatic heterocycles. The lowest BCUT2D eigenvalue weighted by Crippen LogP contribution is -2.18. The molecule has 4 aromatic carbocycles. The second-order valence-corrected chi connectivity index (χ2v) is 8.67. The van der Waals surface area contributed by atoms with Crippen LogP contribution in [0.3, 0.4) is 0 Å². The van der Waals surface area contributed by atoms with E-state index in [4.69, 9.17) is 42.1 Å².